The second-order valence-electron chi connectivity index (χ2n) is 4.94. The molecule has 0 radical (unpaired) electrons. The summed E-state index contributed by atoms with van der Waals surface area (Å²) in [5, 5.41) is 2.88. The number of aryl methyl sites for hydroxylation is 3. The molecular formula is C16H17BrN2O. The van der Waals surface area contributed by atoms with Gasteiger partial charge in [-0.3, -0.25) is 4.79 Å². The number of hydrogen-bond donors (Lipinski definition) is 2. The van der Waals surface area contributed by atoms with Crippen molar-refractivity contribution in [1.29, 1.82) is 0 Å². The number of halogens is 1. The topological polar surface area (TPSA) is 55.1 Å². The molecule has 20 heavy (non-hydrogen) atoms. The molecule has 3 N–H and O–H groups in total. The highest BCUT2D eigenvalue weighted by atomic mass is 79.9. The maximum absolute atomic E-state index is 12.3. The Hall–Kier alpha value is -1.81. The SMILES string of the molecule is Cc1ccc(C(=O)Nc2cc(N)c(C)cc2Br)cc1C. The van der Waals surface area contributed by atoms with Crippen LogP contribution in [-0.2, 0) is 0 Å². The summed E-state index contributed by atoms with van der Waals surface area (Å²) in [6, 6.07) is 9.31. The van der Waals surface area contributed by atoms with E-state index in [-0.39, 0.29) is 5.91 Å². The number of carbonyl (C=O) groups excluding carboxylic acids is 1. The van der Waals surface area contributed by atoms with Gasteiger partial charge in [0, 0.05) is 15.7 Å². The monoisotopic (exact) mass is 332 g/mol. The Morgan fingerprint density at radius 1 is 1.05 bits per heavy atom. The fraction of sp³-hybridized carbons (Fsp3) is 0.188. The van der Waals surface area contributed by atoms with Crippen LogP contribution in [0.1, 0.15) is 27.0 Å². The number of benzene rings is 2. The van der Waals surface area contributed by atoms with E-state index in [0.717, 1.165) is 15.6 Å². The van der Waals surface area contributed by atoms with E-state index >= 15 is 0 Å². The van der Waals surface area contributed by atoms with E-state index in [1.807, 2.05) is 45.0 Å². The van der Waals surface area contributed by atoms with Gasteiger partial charge >= 0.3 is 0 Å². The first-order valence-corrected chi connectivity index (χ1v) is 7.12. The van der Waals surface area contributed by atoms with Crippen molar-refractivity contribution in [3.63, 3.8) is 0 Å². The Labute approximate surface area is 127 Å². The maximum atomic E-state index is 12.3. The lowest BCUT2D eigenvalue weighted by Crippen LogP contribution is -2.13. The number of nitrogens with two attached hydrogens (primary N) is 1. The van der Waals surface area contributed by atoms with Gasteiger partial charge in [0.2, 0.25) is 0 Å². The molecule has 0 atom stereocenters. The van der Waals surface area contributed by atoms with Gasteiger partial charge < -0.3 is 11.1 Å². The standard InChI is InChI=1S/C16H17BrN2O/c1-9-4-5-12(6-10(9)2)16(20)19-15-8-14(18)11(3)7-13(15)17/h4-8H,18H2,1-3H3,(H,19,20). The Morgan fingerprint density at radius 3 is 2.40 bits per heavy atom. The Morgan fingerprint density at radius 2 is 1.75 bits per heavy atom. The highest BCUT2D eigenvalue weighted by molar-refractivity contribution is 9.10. The molecule has 0 fully saturated rings. The van der Waals surface area contributed by atoms with E-state index in [4.69, 9.17) is 5.73 Å². The molecule has 0 unspecified atom stereocenters. The minimum atomic E-state index is -0.142. The molecule has 0 aliphatic rings. The van der Waals surface area contributed by atoms with E-state index in [1.165, 1.54) is 5.56 Å². The van der Waals surface area contributed by atoms with Gasteiger partial charge in [0.1, 0.15) is 0 Å². The van der Waals surface area contributed by atoms with Gasteiger partial charge in [0.25, 0.3) is 5.91 Å². The quantitative estimate of drug-likeness (QED) is 0.809. The number of nitrogen functional groups attached to an aromatic ring is 1. The largest absolute Gasteiger partial charge is 0.398 e. The molecule has 2 rings (SSSR count). The predicted octanol–water partition coefficient (Wildman–Crippen LogP) is 4.21. The van der Waals surface area contributed by atoms with Crippen molar-refractivity contribution in [1.82, 2.24) is 0 Å². The first-order valence-electron chi connectivity index (χ1n) is 6.32. The number of hydrogen-bond acceptors (Lipinski definition) is 2. The fourth-order valence-electron chi connectivity index (χ4n) is 1.86. The van der Waals surface area contributed by atoms with Crippen molar-refractivity contribution in [3.05, 3.63) is 57.1 Å². The molecule has 0 aromatic heterocycles. The van der Waals surface area contributed by atoms with E-state index in [1.54, 1.807) is 6.07 Å². The number of nitrogens with one attached hydrogen (secondary N) is 1. The van der Waals surface area contributed by atoms with E-state index < -0.39 is 0 Å². The van der Waals surface area contributed by atoms with E-state index in [9.17, 15) is 4.79 Å². The van der Waals surface area contributed by atoms with Gasteiger partial charge in [-0.25, -0.2) is 0 Å². The summed E-state index contributed by atoms with van der Waals surface area (Å²) in [5.74, 6) is -0.142. The molecule has 2 aromatic carbocycles. The van der Waals surface area contributed by atoms with Crippen LogP contribution in [0.4, 0.5) is 11.4 Å². The Bertz CT molecular complexity index is 680. The van der Waals surface area contributed by atoms with Crippen LogP contribution in [0.5, 0.6) is 0 Å². The van der Waals surface area contributed by atoms with Crippen molar-refractivity contribution < 1.29 is 4.79 Å². The van der Waals surface area contributed by atoms with Crippen molar-refractivity contribution >= 4 is 33.2 Å². The minimum absolute atomic E-state index is 0.142. The first-order chi connectivity index (χ1) is 9.38. The van der Waals surface area contributed by atoms with Crippen LogP contribution in [-0.4, -0.2) is 5.91 Å². The van der Waals surface area contributed by atoms with Gasteiger partial charge in [-0.15, -0.1) is 0 Å². The third kappa shape index (κ3) is 3.02. The van der Waals surface area contributed by atoms with Crippen LogP contribution in [0.3, 0.4) is 0 Å². The first kappa shape index (κ1) is 14.6. The van der Waals surface area contributed by atoms with Crippen LogP contribution < -0.4 is 11.1 Å². The second-order valence-corrected chi connectivity index (χ2v) is 5.80. The highest BCUT2D eigenvalue weighted by Gasteiger charge is 2.10. The fourth-order valence-corrected chi connectivity index (χ4v) is 2.42. The van der Waals surface area contributed by atoms with Gasteiger partial charge in [0.15, 0.2) is 0 Å². The molecule has 4 heteroatoms. The highest BCUT2D eigenvalue weighted by Crippen LogP contribution is 2.28. The second kappa shape index (κ2) is 5.67. The molecule has 104 valence electrons. The molecule has 0 bridgehead atoms. The summed E-state index contributed by atoms with van der Waals surface area (Å²) >= 11 is 3.44. The zero-order valence-corrected chi connectivity index (χ0v) is 13.3. The van der Waals surface area contributed by atoms with Gasteiger partial charge in [-0.2, -0.15) is 0 Å². The molecule has 2 aromatic rings. The lowest BCUT2D eigenvalue weighted by Gasteiger charge is -2.11. The summed E-state index contributed by atoms with van der Waals surface area (Å²) in [6.45, 7) is 5.94. The predicted molar refractivity (Wildman–Crippen MR) is 87.2 cm³/mol. The molecule has 0 saturated carbocycles. The van der Waals surface area contributed by atoms with Gasteiger partial charge in [-0.1, -0.05) is 6.07 Å². The number of carbonyl (C=O) groups is 1. The number of amides is 1. The minimum Gasteiger partial charge on any atom is -0.398 e. The Balaban J connectivity index is 2.27. The molecule has 0 aliphatic heterocycles. The molecule has 0 aliphatic carbocycles. The van der Waals surface area contributed by atoms with E-state index in [0.29, 0.717) is 16.9 Å². The maximum Gasteiger partial charge on any atom is 0.255 e. The van der Waals surface area contributed by atoms with Gasteiger partial charge in [-0.05, 0) is 77.7 Å². The third-order valence-electron chi connectivity index (χ3n) is 3.37. The average molecular weight is 333 g/mol. The smallest absolute Gasteiger partial charge is 0.255 e. The summed E-state index contributed by atoms with van der Waals surface area (Å²) in [4.78, 5) is 12.3. The number of rotatable bonds is 2. The van der Waals surface area contributed by atoms with Crippen molar-refractivity contribution in [2.45, 2.75) is 20.8 Å². The summed E-state index contributed by atoms with van der Waals surface area (Å²) in [7, 11) is 0. The molecule has 0 heterocycles. The van der Waals surface area contributed by atoms with Crippen molar-refractivity contribution in [2.24, 2.45) is 0 Å². The van der Waals surface area contributed by atoms with Crippen LogP contribution in [0.25, 0.3) is 0 Å². The third-order valence-corrected chi connectivity index (χ3v) is 4.03. The summed E-state index contributed by atoms with van der Waals surface area (Å²) in [5.41, 5.74) is 11.1. The van der Waals surface area contributed by atoms with Crippen LogP contribution >= 0.6 is 15.9 Å². The Kier molecular flexibility index (Phi) is 4.14. The summed E-state index contributed by atoms with van der Waals surface area (Å²) in [6.07, 6.45) is 0. The molecule has 1 amide bonds. The lowest BCUT2D eigenvalue weighted by molar-refractivity contribution is 0.102. The van der Waals surface area contributed by atoms with Gasteiger partial charge in [0.05, 0.1) is 5.69 Å². The zero-order valence-electron chi connectivity index (χ0n) is 11.8. The average Bonchev–Trinajstić information content (AvgIpc) is 2.39. The lowest BCUT2D eigenvalue weighted by atomic mass is 10.1. The molecule has 0 saturated heterocycles. The summed E-state index contributed by atoms with van der Waals surface area (Å²) < 4.78 is 0.821. The van der Waals surface area contributed by atoms with Crippen LogP contribution in [0, 0.1) is 20.8 Å². The number of anilines is 2. The zero-order chi connectivity index (χ0) is 14.9. The van der Waals surface area contributed by atoms with Crippen molar-refractivity contribution in [3.8, 4) is 0 Å². The van der Waals surface area contributed by atoms with E-state index in [2.05, 4.69) is 21.2 Å². The normalized spacial score (nSPS) is 10.4. The van der Waals surface area contributed by atoms with Crippen LogP contribution in [0.2, 0.25) is 0 Å². The van der Waals surface area contributed by atoms with Crippen LogP contribution in [0.15, 0.2) is 34.8 Å². The molecule has 0 spiro atoms. The molecule has 3 nitrogen and oxygen atoms in total. The molecular weight excluding hydrogens is 316 g/mol. The van der Waals surface area contributed by atoms with Crippen molar-refractivity contribution in [2.75, 3.05) is 11.1 Å².